The van der Waals surface area contributed by atoms with Crippen molar-refractivity contribution >= 4 is 9.84 Å². The summed E-state index contributed by atoms with van der Waals surface area (Å²) in [7, 11) is -1.65. The number of aromatic nitrogens is 2. The van der Waals surface area contributed by atoms with Gasteiger partial charge in [-0.25, -0.2) is 13.2 Å². The second-order valence-electron chi connectivity index (χ2n) is 10.5. The molecule has 1 aromatic heterocycles. The van der Waals surface area contributed by atoms with Gasteiger partial charge in [0.1, 0.15) is 29.8 Å². The number of sulfone groups is 1. The van der Waals surface area contributed by atoms with Gasteiger partial charge in [-0.1, -0.05) is 54.6 Å². The molecule has 1 saturated heterocycles. The van der Waals surface area contributed by atoms with Gasteiger partial charge in [-0.15, -0.1) is 0 Å². The molecule has 44 heavy (non-hydrogen) atoms. The van der Waals surface area contributed by atoms with E-state index in [2.05, 4.69) is 0 Å². The molecule has 5 atom stereocenters. The minimum atomic E-state index is -4.64. The van der Waals surface area contributed by atoms with Gasteiger partial charge in [0.05, 0.1) is 19.6 Å². The fourth-order valence-electron chi connectivity index (χ4n) is 5.92. The number of nitrogens with zero attached hydrogens (tertiary/aromatic N) is 1. The van der Waals surface area contributed by atoms with E-state index in [1.807, 2.05) is 4.98 Å². The number of rotatable bonds is 9. The van der Waals surface area contributed by atoms with Crippen molar-refractivity contribution in [3.63, 3.8) is 0 Å². The molecule has 12 nitrogen and oxygen atoms in total. The lowest BCUT2D eigenvalue weighted by Gasteiger charge is -2.44. The number of H-pyrrole nitrogens is 1. The van der Waals surface area contributed by atoms with E-state index in [0.29, 0.717) is 34.4 Å². The number of ether oxygens (including phenoxy) is 3. The highest BCUT2D eigenvalue weighted by Crippen LogP contribution is 2.50. The van der Waals surface area contributed by atoms with E-state index in [4.69, 9.17) is 14.2 Å². The van der Waals surface area contributed by atoms with Crippen LogP contribution in [0.2, 0.25) is 0 Å². The van der Waals surface area contributed by atoms with Crippen LogP contribution in [0.3, 0.4) is 0 Å². The molecule has 0 bridgehead atoms. The fraction of sp³-hybridized carbons (Fsp3) is 0.290. The molecule has 13 heteroatoms. The number of hydrogen-bond acceptors (Lipinski definition) is 10. The van der Waals surface area contributed by atoms with Crippen LogP contribution in [0.15, 0.2) is 101 Å². The van der Waals surface area contributed by atoms with E-state index < -0.39 is 56.0 Å². The standard InChI is InChI=1S/C31H32N2O10S/c1-41-22-13-9-20(10-14-22)30(19-7-5-4-6-8-19,21-11-15-23(42-2)16-12-21)25(35)27-31(38,44(3,39)40)26(36)28(43-27)33-18-17-24(34)32-29(33)37/h4-18,25-28,35-36,38H,1-3H3,(H,32,34,37)/t25?,26-,27+,28+,31+/m0/s1. The highest BCUT2D eigenvalue weighted by atomic mass is 32.2. The molecule has 1 aliphatic rings. The fourth-order valence-corrected chi connectivity index (χ4v) is 7.08. The van der Waals surface area contributed by atoms with Crippen molar-refractivity contribution in [2.75, 3.05) is 20.5 Å². The summed E-state index contributed by atoms with van der Waals surface area (Å²) in [5.41, 5.74) is -2.00. The summed E-state index contributed by atoms with van der Waals surface area (Å²) >= 11 is 0. The molecule has 1 aliphatic heterocycles. The number of aliphatic hydroxyl groups excluding tert-OH is 2. The van der Waals surface area contributed by atoms with Gasteiger partial charge >= 0.3 is 5.69 Å². The highest BCUT2D eigenvalue weighted by molar-refractivity contribution is 7.92. The van der Waals surface area contributed by atoms with Gasteiger partial charge in [0.2, 0.25) is 4.93 Å². The molecule has 232 valence electrons. The third kappa shape index (κ3) is 4.92. The van der Waals surface area contributed by atoms with Crippen LogP contribution in [-0.4, -0.2) is 77.0 Å². The van der Waals surface area contributed by atoms with Crippen LogP contribution in [0, 0.1) is 0 Å². The first-order valence-electron chi connectivity index (χ1n) is 13.5. The molecule has 5 rings (SSSR count). The van der Waals surface area contributed by atoms with E-state index in [9.17, 15) is 33.3 Å². The first kappa shape index (κ1) is 31.2. The van der Waals surface area contributed by atoms with Crippen LogP contribution in [0.25, 0.3) is 0 Å². The molecule has 1 fully saturated rings. The maximum atomic E-state index is 13.3. The van der Waals surface area contributed by atoms with E-state index in [0.717, 1.165) is 16.8 Å². The van der Waals surface area contributed by atoms with Crippen molar-refractivity contribution in [3.8, 4) is 11.5 Å². The molecule has 4 N–H and O–H groups in total. The normalized spacial score (nSPS) is 22.8. The molecule has 1 unspecified atom stereocenters. The van der Waals surface area contributed by atoms with Crippen molar-refractivity contribution < 1.29 is 37.9 Å². The Morgan fingerprint density at radius 1 is 0.886 bits per heavy atom. The molecular weight excluding hydrogens is 592 g/mol. The van der Waals surface area contributed by atoms with Crippen molar-refractivity contribution in [3.05, 3.63) is 129 Å². The van der Waals surface area contributed by atoms with Crippen LogP contribution in [0.5, 0.6) is 11.5 Å². The summed E-state index contributed by atoms with van der Waals surface area (Å²) in [4.78, 5) is 23.3. The van der Waals surface area contributed by atoms with Gasteiger partial charge in [-0.2, -0.15) is 0 Å². The van der Waals surface area contributed by atoms with E-state index in [1.54, 1.807) is 78.9 Å². The first-order chi connectivity index (χ1) is 20.9. The third-order valence-electron chi connectivity index (χ3n) is 8.16. The lowest BCUT2D eigenvalue weighted by atomic mass is 9.64. The predicted molar refractivity (Wildman–Crippen MR) is 159 cm³/mol. The number of methoxy groups -OCH3 is 2. The lowest BCUT2D eigenvalue weighted by Crippen LogP contribution is -2.62. The molecule has 0 saturated carbocycles. The zero-order chi connectivity index (χ0) is 31.9. The van der Waals surface area contributed by atoms with E-state index in [-0.39, 0.29) is 0 Å². The monoisotopic (exact) mass is 624 g/mol. The average Bonchev–Trinajstić information content (AvgIpc) is 3.29. The van der Waals surface area contributed by atoms with Crippen LogP contribution in [0.1, 0.15) is 22.9 Å². The van der Waals surface area contributed by atoms with Crippen molar-refractivity contribution in [2.45, 2.75) is 34.9 Å². The van der Waals surface area contributed by atoms with E-state index in [1.165, 1.54) is 14.2 Å². The highest BCUT2D eigenvalue weighted by Gasteiger charge is 2.67. The topological polar surface area (TPSA) is 177 Å². The second-order valence-corrected chi connectivity index (χ2v) is 12.7. The number of benzene rings is 3. The summed E-state index contributed by atoms with van der Waals surface area (Å²) in [5.74, 6) is 1.02. The molecule has 2 heterocycles. The Kier molecular flexibility index (Phi) is 8.27. The SMILES string of the molecule is COc1ccc(C(c2ccccc2)(c2ccc(OC)cc2)C(O)[C@H]2O[C@@H](n3ccc(=O)[nH]c3=O)[C@H](O)[C@@]2(O)S(C)(=O)=O)cc1. The minimum Gasteiger partial charge on any atom is -0.497 e. The Hall–Kier alpha value is -4.27. The molecule has 4 aromatic rings. The zero-order valence-electron chi connectivity index (χ0n) is 24.0. The molecule has 0 aliphatic carbocycles. The maximum Gasteiger partial charge on any atom is 0.330 e. The van der Waals surface area contributed by atoms with Gasteiger partial charge in [0, 0.05) is 18.5 Å². The zero-order valence-corrected chi connectivity index (χ0v) is 24.8. The van der Waals surface area contributed by atoms with Crippen LogP contribution in [0.4, 0.5) is 0 Å². The number of aliphatic hydroxyl groups is 3. The van der Waals surface area contributed by atoms with Gasteiger partial charge in [0.25, 0.3) is 5.56 Å². The molecule has 0 spiro atoms. The van der Waals surface area contributed by atoms with Crippen molar-refractivity contribution in [1.82, 2.24) is 9.55 Å². The minimum absolute atomic E-state index is 0.459. The maximum absolute atomic E-state index is 13.3. The van der Waals surface area contributed by atoms with E-state index >= 15 is 0 Å². The predicted octanol–water partition coefficient (Wildman–Crippen LogP) is 0.941. The van der Waals surface area contributed by atoms with Gasteiger partial charge in [0.15, 0.2) is 16.1 Å². The third-order valence-corrected chi connectivity index (χ3v) is 9.82. The summed E-state index contributed by atoms with van der Waals surface area (Å²) in [6, 6.07) is 23.1. The Bertz CT molecular complexity index is 1790. The Morgan fingerprint density at radius 3 is 1.84 bits per heavy atom. The second kappa shape index (κ2) is 11.7. The average molecular weight is 625 g/mol. The smallest absolute Gasteiger partial charge is 0.330 e. The van der Waals surface area contributed by atoms with Gasteiger partial charge in [-0.3, -0.25) is 14.3 Å². The summed E-state index contributed by atoms with van der Waals surface area (Å²) in [6.07, 6.45) is -6.34. The number of nitrogens with one attached hydrogen (secondary N) is 1. The number of aromatic amines is 1. The largest absolute Gasteiger partial charge is 0.497 e. The van der Waals surface area contributed by atoms with Crippen LogP contribution >= 0.6 is 0 Å². The quantitative estimate of drug-likeness (QED) is 0.196. The Balaban J connectivity index is 1.82. The summed E-state index contributed by atoms with van der Waals surface area (Å²) in [5, 5.41) is 35.9. The lowest BCUT2D eigenvalue weighted by molar-refractivity contribution is -0.107. The van der Waals surface area contributed by atoms with Crippen LogP contribution < -0.4 is 20.7 Å². The van der Waals surface area contributed by atoms with Crippen LogP contribution in [-0.2, 0) is 20.0 Å². The molecule has 3 aromatic carbocycles. The molecule has 0 radical (unpaired) electrons. The summed E-state index contributed by atoms with van der Waals surface area (Å²) in [6.45, 7) is 0. The molecule has 0 amide bonds. The van der Waals surface area contributed by atoms with Crippen molar-refractivity contribution in [1.29, 1.82) is 0 Å². The first-order valence-corrected chi connectivity index (χ1v) is 15.4. The molecular formula is C31H32N2O10S. The Labute approximate surface area is 252 Å². The van der Waals surface area contributed by atoms with Crippen molar-refractivity contribution in [2.24, 2.45) is 0 Å². The Morgan fingerprint density at radius 2 is 1.39 bits per heavy atom. The summed E-state index contributed by atoms with van der Waals surface area (Å²) < 4.78 is 44.1. The van der Waals surface area contributed by atoms with Gasteiger partial charge < -0.3 is 29.5 Å². The number of hydrogen-bond donors (Lipinski definition) is 4. The van der Waals surface area contributed by atoms with Gasteiger partial charge in [-0.05, 0) is 41.0 Å².